The molecule has 1 fully saturated rings. The van der Waals surface area contributed by atoms with Gasteiger partial charge in [0.25, 0.3) is 0 Å². The molecule has 124 valence electrons. The van der Waals surface area contributed by atoms with Crippen molar-refractivity contribution in [3.63, 3.8) is 0 Å². The molecule has 1 saturated carbocycles. The SMILES string of the molecule is C[C@@H]1CCCC[C@H]1OCCNc1nc2ccccn2c1[N+](=O)[O-]. The third-order valence-electron chi connectivity index (χ3n) is 4.44. The second-order valence-corrected chi connectivity index (χ2v) is 6.07. The van der Waals surface area contributed by atoms with Crippen LogP contribution < -0.4 is 5.32 Å². The van der Waals surface area contributed by atoms with Crippen molar-refractivity contribution in [2.75, 3.05) is 18.5 Å². The normalized spacial score (nSPS) is 21.4. The Balaban J connectivity index is 1.61. The maximum absolute atomic E-state index is 11.3. The van der Waals surface area contributed by atoms with Gasteiger partial charge in [-0.25, -0.2) is 0 Å². The Labute approximate surface area is 134 Å². The number of imidazole rings is 1. The van der Waals surface area contributed by atoms with Crippen LogP contribution in [0.15, 0.2) is 24.4 Å². The number of anilines is 1. The maximum atomic E-state index is 11.3. The van der Waals surface area contributed by atoms with Crippen LogP contribution in [0.3, 0.4) is 0 Å². The number of hydrogen-bond acceptors (Lipinski definition) is 5. The second-order valence-electron chi connectivity index (χ2n) is 6.07. The number of hydrogen-bond donors (Lipinski definition) is 1. The molecular formula is C16H22N4O3. The van der Waals surface area contributed by atoms with Crippen molar-refractivity contribution in [2.45, 2.75) is 38.7 Å². The highest BCUT2D eigenvalue weighted by molar-refractivity contribution is 5.62. The van der Waals surface area contributed by atoms with Gasteiger partial charge in [0.1, 0.15) is 0 Å². The molecule has 0 bridgehead atoms. The summed E-state index contributed by atoms with van der Waals surface area (Å²) < 4.78 is 7.40. The lowest BCUT2D eigenvalue weighted by atomic mass is 9.88. The number of fused-ring (bicyclic) bond motifs is 1. The molecule has 2 aromatic rings. The summed E-state index contributed by atoms with van der Waals surface area (Å²) in [6.45, 7) is 3.26. The maximum Gasteiger partial charge on any atom is 0.372 e. The van der Waals surface area contributed by atoms with Crippen molar-refractivity contribution in [1.82, 2.24) is 9.38 Å². The highest BCUT2D eigenvalue weighted by Crippen LogP contribution is 2.27. The molecule has 7 nitrogen and oxygen atoms in total. The minimum absolute atomic E-state index is 0.0355. The second kappa shape index (κ2) is 6.95. The summed E-state index contributed by atoms with van der Waals surface area (Å²) in [6.07, 6.45) is 6.78. The molecular weight excluding hydrogens is 296 g/mol. The van der Waals surface area contributed by atoms with Crippen LogP contribution in [0.2, 0.25) is 0 Å². The van der Waals surface area contributed by atoms with Crippen LogP contribution in [0.25, 0.3) is 5.65 Å². The smallest absolute Gasteiger partial charge is 0.372 e. The van der Waals surface area contributed by atoms with E-state index < -0.39 is 4.92 Å². The van der Waals surface area contributed by atoms with Gasteiger partial charge in [-0.2, -0.15) is 9.38 Å². The van der Waals surface area contributed by atoms with Gasteiger partial charge in [0.15, 0.2) is 0 Å². The Kier molecular flexibility index (Phi) is 4.76. The summed E-state index contributed by atoms with van der Waals surface area (Å²) >= 11 is 0. The summed E-state index contributed by atoms with van der Waals surface area (Å²) in [5, 5.41) is 14.3. The van der Waals surface area contributed by atoms with Crippen molar-refractivity contribution in [1.29, 1.82) is 0 Å². The predicted molar refractivity (Wildman–Crippen MR) is 87.7 cm³/mol. The number of nitrogens with one attached hydrogen (secondary N) is 1. The van der Waals surface area contributed by atoms with E-state index in [2.05, 4.69) is 17.2 Å². The molecule has 0 unspecified atom stereocenters. The number of aromatic nitrogens is 2. The summed E-state index contributed by atoms with van der Waals surface area (Å²) in [4.78, 5) is 15.2. The van der Waals surface area contributed by atoms with Crippen LogP contribution in [-0.2, 0) is 4.74 Å². The van der Waals surface area contributed by atoms with Gasteiger partial charge in [-0.3, -0.25) is 0 Å². The first-order valence-electron chi connectivity index (χ1n) is 8.14. The number of ether oxygens (including phenoxy) is 1. The van der Waals surface area contributed by atoms with Gasteiger partial charge in [-0.05, 0) is 29.7 Å². The molecule has 2 aromatic heterocycles. The average Bonchev–Trinajstić information content (AvgIpc) is 2.91. The van der Waals surface area contributed by atoms with Gasteiger partial charge >= 0.3 is 5.82 Å². The quantitative estimate of drug-likeness (QED) is 0.502. The molecule has 1 N–H and O–H groups in total. The van der Waals surface area contributed by atoms with Crippen molar-refractivity contribution in [2.24, 2.45) is 5.92 Å². The van der Waals surface area contributed by atoms with Crippen molar-refractivity contribution < 1.29 is 9.66 Å². The summed E-state index contributed by atoms with van der Waals surface area (Å²) in [6, 6.07) is 5.31. The van der Waals surface area contributed by atoms with Crippen LogP contribution in [-0.4, -0.2) is 33.6 Å². The molecule has 0 amide bonds. The lowest BCUT2D eigenvalue weighted by Gasteiger charge is -2.28. The fraction of sp³-hybridized carbons (Fsp3) is 0.562. The number of rotatable bonds is 6. The Morgan fingerprint density at radius 1 is 1.43 bits per heavy atom. The van der Waals surface area contributed by atoms with Crippen molar-refractivity contribution in [3.8, 4) is 0 Å². The molecule has 0 radical (unpaired) electrons. The fourth-order valence-electron chi connectivity index (χ4n) is 3.19. The molecule has 0 aliphatic heterocycles. The van der Waals surface area contributed by atoms with E-state index in [1.165, 1.54) is 23.7 Å². The van der Waals surface area contributed by atoms with Gasteiger partial charge in [-0.15, -0.1) is 0 Å². The van der Waals surface area contributed by atoms with Crippen LogP contribution in [0.1, 0.15) is 32.6 Å². The van der Waals surface area contributed by atoms with Gasteiger partial charge in [0.2, 0.25) is 11.5 Å². The van der Waals surface area contributed by atoms with E-state index in [1.54, 1.807) is 18.3 Å². The van der Waals surface area contributed by atoms with E-state index in [0.29, 0.717) is 36.6 Å². The Morgan fingerprint density at radius 2 is 2.26 bits per heavy atom. The average molecular weight is 318 g/mol. The monoisotopic (exact) mass is 318 g/mol. The molecule has 0 saturated heterocycles. The number of nitrogens with zero attached hydrogens (tertiary/aromatic N) is 3. The third-order valence-corrected chi connectivity index (χ3v) is 4.44. The van der Waals surface area contributed by atoms with Crippen LogP contribution in [0, 0.1) is 16.0 Å². The van der Waals surface area contributed by atoms with E-state index in [9.17, 15) is 10.1 Å². The molecule has 1 aliphatic rings. The van der Waals surface area contributed by atoms with E-state index in [0.717, 1.165) is 6.42 Å². The van der Waals surface area contributed by atoms with E-state index in [-0.39, 0.29) is 5.82 Å². The summed E-state index contributed by atoms with van der Waals surface area (Å²) in [7, 11) is 0. The zero-order valence-electron chi connectivity index (χ0n) is 13.3. The van der Waals surface area contributed by atoms with E-state index in [1.807, 2.05) is 6.07 Å². The minimum atomic E-state index is -0.410. The highest BCUT2D eigenvalue weighted by Gasteiger charge is 2.23. The third kappa shape index (κ3) is 3.44. The zero-order valence-corrected chi connectivity index (χ0v) is 13.3. The van der Waals surface area contributed by atoms with Gasteiger partial charge < -0.3 is 20.2 Å². The van der Waals surface area contributed by atoms with Gasteiger partial charge in [0.05, 0.1) is 18.9 Å². The fourth-order valence-corrected chi connectivity index (χ4v) is 3.19. The van der Waals surface area contributed by atoms with Crippen LogP contribution in [0.4, 0.5) is 11.6 Å². The van der Waals surface area contributed by atoms with Crippen molar-refractivity contribution in [3.05, 3.63) is 34.5 Å². The van der Waals surface area contributed by atoms with Crippen molar-refractivity contribution >= 4 is 17.3 Å². The van der Waals surface area contributed by atoms with Gasteiger partial charge in [0, 0.05) is 12.6 Å². The highest BCUT2D eigenvalue weighted by atomic mass is 16.6. The Hall–Kier alpha value is -2.15. The molecule has 1 aliphatic carbocycles. The molecule has 0 spiro atoms. The van der Waals surface area contributed by atoms with E-state index in [4.69, 9.17) is 4.74 Å². The summed E-state index contributed by atoms with van der Waals surface area (Å²) in [5.74, 6) is 0.849. The lowest BCUT2D eigenvalue weighted by molar-refractivity contribution is -0.389. The Bertz CT molecular complexity index is 685. The first kappa shape index (κ1) is 15.7. The molecule has 2 atom stereocenters. The van der Waals surface area contributed by atoms with Crippen LogP contribution in [0.5, 0.6) is 0 Å². The first-order chi connectivity index (χ1) is 11.2. The Morgan fingerprint density at radius 3 is 3.04 bits per heavy atom. The molecule has 2 heterocycles. The molecule has 0 aromatic carbocycles. The predicted octanol–water partition coefficient (Wildman–Crippen LogP) is 3.25. The topological polar surface area (TPSA) is 81.7 Å². The standard InChI is InChI=1S/C16H22N4O3/c1-12-6-2-3-7-13(12)23-11-9-17-15-16(20(21)22)19-10-5-4-8-14(19)18-15/h4-5,8,10,12-13,17H,2-3,6-7,9,11H2,1H3/t12-,13-/m1/s1. The molecule has 23 heavy (non-hydrogen) atoms. The zero-order chi connectivity index (χ0) is 16.2. The van der Waals surface area contributed by atoms with Crippen LogP contribution >= 0.6 is 0 Å². The van der Waals surface area contributed by atoms with E-state index >= 15 is 0 Å². The first-order valence-corrected chi connectivity index (χ1v) is 8.14. The summed E-state index contributed by atoms with van der Waals surface area (Å²) in [5.41, 5.74) is 0.559. The molecule has 3 rings (SSSR count). The largest absolute Gasteiger partial charge is 0.376 e. The molecule has 7 heteroatoms. The number of nitro groups is 1. The minimum Gasteiger partial charge on any atom is -0.376 e. The number of pyridine rings is 1. The lowest BCUT2D eigenvalue weighted by Crippen LogP contribution is -2.27. The van der Waals surface area contributed by atoms with Gasteiger partial charge in [-0.1, -0.05) is 25.8 Å².